The number of halogens is 2. The predicted octanol–water partition coefficient (Wildman–Crippen LogP) is 3.67. The Balaban J connectivity index is 2.25. The molecule has 1 heterocycles. The average molecular weight is 344 g/mol. The van der Waals surface area contributed by atoms with Gasteiger partial charge in [-0.2, -0.15) is 0 Å². The van der Waals surface area contributed by atoms with Crippen molar-refractivity contribution in [3.63, 3.8) is 0 Å². The quantitative estimate of drug-likeness (QED) is 0.849. The summed E-state index contributed by atoms with van der Waals surface area (Å²) in [5.74, 6) is 0. The van der Waals surface area contributed by atoms with Crippen molar-refractivity contribution in [1.29, 1.82) is 0 Å². The van der Waals surface area contributed by atoms with Gasteiger partial charge in [0.15, 0.2) is 0 Å². The van der Waals surface area contributed by atoms with Gasteiger partial charge in [-0.15, -0.1) is 0 Å². The fourth-order valence-electron chi connectivity index (χ4n) is 3.12. The van der Waals surface area contributed by atoms with Gasteiger partial charge in [0, 0.05) is 38.3 Å². The topological polar surface area (TPSA) is 18.5 Å². The molecule has 2 atom stereocenters. The highest BCUT2D eigenvalue weighted by atomic mass is 35.5. The smallest absolute Gasteiger partial charge is 0.0595 e. The SMILES string of the molecule is CCN(CC)CC(c1ccc(Cl)c(Cl)c1)N1CCNC(C)C1. The van der Waals surface area contributed by atoms with Crippen molar-refractivity contribution in [2.75, 3.05) is 39.3 Å². The van der Waals surface area contributed by atoms with Crippen LogP contribution < -0.4 is 5.32 Å². The number of hydrogen-bond acceptors (Lipinski definition) is 3. The average Bonchev–Trinajstić information content (AvgIpc) is 2.51. The molecule has 2 unspecified atom stereocenters. The summed E-state index contributed by atoms with van der Waals surface area (Å²) in [7, 11) is 0. The van der Waals surface area contributed by atoms with Crippen LogP contribution in [-0.4, -0.2) is 55.1 Å². The van der Waals surface area contributed by atoms with Crippen molar-refractivity contribution in [2.24, 2.45) is 0 Å². The summed E-state index contributed by atoms with van der Waals surface area (Å²) in [6.45, 7) is 13.0. The van der Waals surface area contributed by atoms with Gasteiger partial charge in [0.1, 0.15) is 0 Å². The highest BCUT2D eigenvalue weighted by Gasteiger charge is 2.26. The molecule has 1 aromatic carbocycles. The Morgan fingerprint density at radius 2 is 2.00 bits per heavy atom. The minimum absolute atomic E-state index is 0.360. The van der Waals surface area contributed by atoms with Gasteiger partial charge in [-0.05, 0) is 37.7 Å². The molecule has 0 radical (unpaired) electrons. The van der Waals surface area contributed by atoms with E-state index in [9.17, 15) is 0 Å². The van der Waals surface area contributed by atoms with Crippen molar-refractivity contribution >= 4 is 23.2 Å². The molecule has 0 amide bonds. The number of rotatable bonds is 6. The number of nitrogens with zero attached hydrogens (tertiary/aromatic N) is 2. The molecular weight excluding hydrogens is 317 g/mol. The molecule has 0 spiro atoms. The first-order valence-electron chi connectivity index (χ1n) is 8.19. The summed E-state index contributed by atoms with van der Waals surface area (Å²) in [6.07, 6.45) is 0. The fourth-order valence-corrected chi connectivity index (χ4v) is 3.43. The lowest BCUT2D eigenvalue weighted by atomic mass is 10.0. The van der Waals surface area contributed by atoms with E-state index in [1.807, 2.05) is 12.1 Å². The van der Waals surface area contributed by atoms with E-state index in [0.29, 0.717) is 22.1 Å². The lowest BCUT2D eigenvalue weighted by Gasteiger charge is -2.40. The van der Waals surface area contributed by atoms with E-state index in [2.05, 4.69) is 42.0 Å². The zero-order valence-corrected chi connectivity index (χ0v) is 15.3. The van der Waals surface area contributed by atoms with Gasteiger partial charge in [-0.1, -0.05) is 43.1 Å². The van der Waals surface area contributed by atoms with Gasteiger partial charge in [-0.3, -0.25) is 4.90 Å². The van der Waals surface area contributed by atoms with E-state index in [1.54, 1.807) is 0 Å². The molecule has 22 heavy (non-hydrogen) atoms. The molecule has 1 fully saturated rings. The number of benzene rings is 1. The van der Waals surface area contributed by atoms with Crippen LogP contribution in [0.15, 0.2) is 18.2 Å². The van der Waals surface area contributed by atoms with E-state index < -0.39 is 0 Å². The number of piperazine rings is 1. The molecule has 0 saturated carbocycles. The molecule has 0 bridgehead atoms. The molecule has 2 rings (SSSR count). The lowest BCUT2D eigenvalue weighted by Crippen LogP contribution is -2.52. The van der Waals surface area contributed by atoms with Crippen LogP contribution in [0.1, 0.15) is 32.4 Å². The molecule has 1 aromatic rings. The van der Waals surface area contributed by atoms with Crippen molar-refractivity contribution in [3.8, 4) is 0 Å². The second kappa shape index (κ2) is 8.51. The molecule has 0 aromatic heterocycles. The fraction of sp³-hybridized carbons (Fsp3) is 0.647. The third-order valence-electron chi connectivity index (χ3n) is 4.49. The van der Waals surface area contributed by atoms with Gasteiger partial charge in [0.25, 0.3) is 0 Å². The maximum absolute atomic E-state index is 6.25. The Kier molecular flexibility index (Phi) is 6.97. The van der Waals surface area contributed by atoms with E-state index in [-0.39, 0.29) is 0 Å². The second-order valence-electron chi connectivity index (χ2n) is 6.03. The van der Waals surface area contributed by atoms with Crippen molar-refractivity contribution in [1.82, 2.24) is 15.1 Å². The molecule has 1 saturated heterocycles. The van der Waals surface area contributed by atoms with Crippen molar-refractivity contribution in [2.45, 2.75) is 32.9 Å². The Morgan fingerprint density at radius 1 is 1.27 bits per heavy atom. The lowest BCUT2D eigenvalue weighted by molar-refractivity contribution is 0.113. The summed E-state index contributed by atoms with van der Waals surface area (Å²) in [6, 6.07) is 6.95. The Labute approximate surface area is 144 Å². The van der Waals surface area contributed by atoms with Crippen LogP contribution in [0.5, 0.6) is 0 Å². The van der Waals surface area contributed by atoms with Gasteiger partial charge in [0.05, 0.1) is 10.0 Å². The number of nitrogens with one attached hydrogen (secondary N) is 1. The van der Waals surface area contributed by atoms with Crippen LogP contribution in [0.3, 0.4) is 0 Å². The maximum atomic E-state index is 6.25. The Bertz CT molecular complexity index is 477. The molecule has 124 valence electrons. The summed E-state index contributed by atoms with van der Waals surface area (Å²) >= 11 is 12.3. The van der Waals surface area contributed by atoms with Crippen LogP contribution in [-0.2, 0) is 0 Å². The first-order chi connectivity index (χ1) is 10.5. The Morgan fingerprint density at radius 3 is 2.59 bits per heavy atom. The molecule has 3 nitrogen and oxygen atoms in total. The summed E-state index contributed by atoms with van der Waals surface area (Å²) in [4.78, 5) is 5.04. The van der Waals surface area contributed by atoms with Crippen LogP contribution in [0.4, 0.5) is 0 Å². The molecule has 1 aliphatic rings. The van der Waals surface area contributed by atoms with Crippen LogP contribution in [0.2, 0.25) is 10.0 Å². The normalized spacial score (nSPS) is 21.3. The zero-order chi connectivity index (χ0) is 16.1. The highest BCUT2D eigenvalue weighted by Crippen LogP contribution is 2.29. The first-order valence-corrected chi connectivity index (χ1v) is 8.95. The molecule has 0 aliphatic carbocycles. The van der Waals surface area contributed by atoms with E-state index >= 15 is 0 Å². The van der Waals surface area contributed by atoms with Crippen molar-refractivity contribution < 1.29 is 0 Å². The standard InChI is InChI=1S/C17H27Cl2N3/c1-4-21(5-2)12-17(22-9-8-20-13(3)11-22)14-6-7-15(18)16(19)10-14/h6-7,10,13,17,20H,4-5,8-9,11-12H2,1-3H3. The van der Waals surface area contributed by atoms with E-state index in [1.165, 1.54) is 5.56 Å². The first kappa shape index (κ1) is 18.0. The molecular formula is C17H27Cl2N3. The molecule has 1 aliphatic heterocycles. The zero-order valence-electron chi connectivity index (χ0n) is 13.8. The van der Waals surface area contributed by atoms with Gasteiger partial charge in [0.2, 0.25) is 0 Å². The van der Waals surface area contributed by atoms with Gasteiger partial charge >= 0.3 is 0 Å². The number of likely N-dealkylation sites (N-methyl/N-ethyl adjacent to an activating group) is 1. The maximum Gasteiger partial charge on any atom is 0.0595 e. The monoisotopic (exact) mass is 343 g/mol. The molecule has 5 heteroatoms. The third kappa shape index (κ3) is 4.59. The minimum atomic E-state index is 0.360. The third-order valence-corrected chi connectivity index (χ3v) is 5.23. The largest absolute Gasteiger partial charge is 0.312 e. The van der Waals surface area contributed by atoms with Crippen molar-refractivity contribution in [3.05, 3.63) is 33.8 Å². The summed E-state index contributed by atoms with van der Waals surface area (Å²) < 4.78 is 0. The van der Waals surface area contributed by atoms with E-state index in [4.69, 9.17) is 23.2 Å². The number of hydrogen-bond donors (Lipinski definition) is 1. The minimum Gasteiger partial charge on any atom is -0.312 e. The molecule has 1 N–H and O–H groups in total. The summed E-state index contributed by atoms with van der Waals surface area (Å²) in [5.41, 5.74) is 1.26. The highest BCUT2D eigenvalue weighted by molar-refractivity contribution is 6.42. The van der Waals surface area contributed by atoms with Gasteiger partial charge < -0.3 is 10.2 Å². The van der Waals surface area contributed by atoms with Crippen LogP contribution >= 0.6 is 23.2 Å². The second-order valence-corrected chi connectivity index (χ2v) is 6.84. The van der Waals surface area contributed by atoms with Crippen LogP contribution in [0, 0.1) is 0 Å². The van der Waals surface area contributed by atoms with E-state index in [0.717, 1.165) is 39.3 Å². The Hall–Kier alpha value is -0.320. The van der Waals surface area contributed by atoms with Crippen LogP contribution in [0.25, 0.3) is 0 Å². The summed E-state index contributed by atoms with van der Waals surface area (Å²) in [5, 5.41) is 4.79. The predicted molar refractivity (Wildman–Crippen MR) is 96.0 cm³/mol. The van der Waals surface area contributed by atoms with Gasteiger partial charge in [-0.25, -0.2) is 0 Å².